The smallest absolute Gasteiger partial charge is 0.369 e. The molecule has 1 spiro atoms. The molecule has 2 unspecified atom stereocenters. The minimum Gasteiger partial charge on any atom is -0.369 e. The molecule has 2 aromatic rings. The van der Waals surface area contributed by atoms with Gasteiger partial charge in [0, 0.05) is 43.5 Å². The fraction of sp³-hybridized carbons (Fsp3) is 0.632. The normalized spacial score (nSPS) is 23.7. The molecular formula is C19H24BF3N4O2S. The van der Waals surface area contributed by atoms with Gasteiger partial charge in [-0.05, 0) is 23.2 Å². The van der Waals surface area contributed by atoms with E-state index in [0.717, 1.165) is 21.8 Å². The predicted octanol–water partition coefficient (Wildman–Crippen LogP) is 2.26. The van der Waals surface area contributed by atoms with Crippen LogP contribution in [0.2, 0.25) is 0 Å². The number of alkyl halides is 3. The van der Waals surface area contributed by atoms with Crippen LogP contribution in [0, 0.1) is 0 Å². The second-order valence-electron chi connectivity index (χ2n) is 7.29. The second-order valence-corrected chi connectivity index (χ2v) is 8.37. The first-order valence-corrected chi connectivity index (χ1v) is 10.8. The molecule has 0 aromatic carbocycles. The van der Waals surface area contributed by atoms with E-state index in [1.807, 2.05) is 19.9 Å². The summed E-state index contributed by atoms with van der Waals surface area (Å²) in [4.78, 5) is 13.9. The van der Waals surface area contributed by atoms with Gasteiger partial charge in [-0.3, -0.25) is 9.48 Å². The van der Waals surface area contributed by atoms with Crippen molar-refractivity contribution in [2.75, 3.05) is 13.2 Å². The molecule has 2 aromatic heterocycles. The molecule has 30 heavy (non-hydrogen) atoms. The molecule has 1 amide bonds. The number of fused-ring (bicyclic) bond motifs is 2. The number of hydrogen-bond acceptors (Lipinski definition) is 5. The van der Waals surface area contributed by atoms with E-state index < -0.39 is 23.7 Å². The number of carbonyl (C=O) groups excluding carboxylic acids is 1. The van der Waals surface area contributed by atoms with E-state index in [4.69, 9.17) is 12.6 Å². The molecule has 162 valence electrons. The summed E-state index contributed by atoms with van der Waals surface area (Å²) in [6.07, 6.45) is -1.80. The van der Waals surface area contributed by atoms with Gasteiger partial charge in [-0.2, -0.15) is 24.5 Å². The lowest BCUT2D eigenvalue weighted by molar-refractivity contribution is -0.195. The maximum atomic E-state index is 13.2. The quantitative estimate of drug-likeness (QED) is 0.673. The number of thiophene rings is 1. The van der Waals surface area contributed by atoms with Crippen LogP contribution in [0.25, 0.3) is 0 Å². The Hall–Kier alpha value is -1.88. The summed E-state index contributed by atoms with van der Waals surface area (Å²) in [5.41, 5.74) is 0.902. The lowest BCUT2D eigenvalue weighted by atomic mass is 9.80. The highest BCUT2D eigenvalue weighted by atomic mass is 32.1. The molecule has 11 heteroatoms. The van der Waals surface area contributed by atoms with Gasteiger partial charge in [0.25, 0.3) is 0 Å². The number of hydrogen-bond donors (Lipinski definition) is 0. The first kappa shape index (κ1) is 22.8. The summed E-state index contributed by atoms with van der Waals surface area (Å²) in [5, 5.41) is 7.82. The molecular weight excluding hydrogens is 416 g/mol. The van der Waals surface area contributed by atoms with Crippen molar-refractivity contribution < 1.29 is 22.7 Å². The van der Waals surface area contributed by atoms with Gasteiger partial charge in [0.05, 0.1) is 12.3 Å². The molecule has 4 rings (SSSR count). The summed E-state index contributed by atoms with van der Waals surface area (Å²) < 4.78 is 47.7. The van der Waals surface area contributed by atoms with Gasteiger partial charge in [-0.1, -0.05) is 25.1 Å². The van der Waals surface area contributed by atoms with E-state index in [0.29, 0.717) is 23.5 Å². The van der Waals surface area contributed by atoms with E-state index in [2.05, 4.69) is 10.3 Å². The number of halogens is 3. The van der Waals surface area contributed by atoms with Gasteiger partial charge in [-0.15, -0.1) is 5.10 Å². The van der Waals surface area contributed by atoms with E-state index >= 15 is 0 Å². The van der Waals surface area contributed by atoms with Crippen molar-refractivity contribution in [2.24, 2.45) is 7.05 Å². The molecule has 0 N–H and O–H groups in total. The number of nitrogens with zero attached hydrogens (tertiary/aromatic N) is 4. The average molecular weight is 440 g/mol. The molecule has 1 saturated heterocycles. The zero-order chi connectivity index (χ0) is 22.1. The van der Waals surface area contributed by atoms with Crippen molar-refractivity contribution in [3.05, 3.63) is 28.4 Å². The van der Waals surface area contributed by atoms with Gasteiger partial charge >= 0.3 is 12.1 Å². The van der Waals surface area contributed by atoms with Crippen molar-refractivity contribution in [1.29, 1.82) is 0 Å². The predicted molar refractivity (Wildman–Crippen MR) is 108 cm³/mol. The summed E-state index contributed by atoms with van der Waals surface area (Å²) in [7, 11) is 7.65. The fourth-order valence-electron chi connectivity index (χ4n) is 4.20. The third-order valence-corrected chi connectivity index (χ3v) is 6.54. The van der Waals surface area contributed by atoms with Crippen molar-refractivity contribution in [1.82, 2.24) is 19.9 Å². The molecule has 0 bridgehead atoms. The number of carbonyl (C=O) groups is 1. The number of amides is 1. The summed E-state index contributed by atoms with van der Waals surface area (Å²) in [5.74, 6) is -1.82. The van der Waals surface area contributed by atoms with Crippen molar-refractivity contribution in [3.63, 3.8) is 0 Å². The number of aromatic nitrogens is 3. The first-order chi connectivity index (χ1) is 14.2. The lowest BCUT2D eigenvalue weighted by Gasteiger charge is -2.48. The highest BCUT2D eigenvalue weighted by Gasteiger charge is 2.51. The molecule has 2 atom stereocenters. The van der Waals surface area contributed by atoms with Crippen LogP contribution in [0.15, 0.2) is 12.3 Å². The number of ether oxygens (including phenoxy) is 1. The van der Waals surface area contributed by atoms with Crippen LogP contribution in [0.1, 0.15) is 42.8 Å². The molecule has 6 nitrogen and oxygen atoms in total. The lowest BCUT2D eigenvalue weighted by Crippen LogP contribution is -2.56. The summed E-state index contributed by atoms with van der Waals surface area (Å²) >= 11 is 1.42. The molecule has 0 aliphatic carbocycles. The van der Waals surface area contributed by atoms with Crippen molar-refractivity contribution >= 4 is 29.9 Å². The van der Waals surface area contributed by atoms with Gasteiger partial charge in [0.15, 0.2) is 0 Å². The Kier molecular flexibility index (Phi) is 6.61. The molecule has 2 aliphatic rings. The maximum absolute atomic E-state index is 13.2. The number of likely N-dealkylation sites (tertiary alicyclic amines) is 1. The van der Waals surface area contributed by atoms with Crippen LogP contribution >= 0.6 is 11.3 Å². The van der Waals surface area contributed by atoms with Crippen LogP contribution in [0.4, 0.5) is 13.2 Å². The van der Waals surface area contributed by atoms with E-state index in [1.54, 1.807) is 13.2 Å². The second kappa shape index (κ2) is 8.70. The molecule has 1 fully saturated rings. The average Bonchev–Trinajstić information content (AvgIpc) is 3.28. The minimum atomic E-state index is -4.92. The van der Waals surface area contributed by atoms with Crippen LogP contribution in [0.3, 0.4) is 0 Å². The Morgan fingerprint density at radius 3 is 2.80 bits per heavy atom. The SMILES string of the molecule is CC.[B]c1cc2c(s1)C1(CCN(C(=O)C(F)(F)F)C(Cc3cn(C)nn3)C1)OCC2. The molecule has 2 radical (unpaired) electrons. The Labute approximate surface area is 178 Å². The topological polar surface area (TPSA) is 60.2 Å². The van der Waals surface area contributed by atoms with Crippen LogP contribution in [-0.4, -0.2) is 59.0 Å². The zero-order valence-corrected chi connectivity index (χ0v) is 18.0. The zero-order valence-electron chi connectivity index (χ0n) is 17.2. The summed E-state index contributed by atoms with van der Waals surface area (Å²) in [6, 6.07) is 1.21. The van der Waals surface area contributed by atoms with Crippen molar-refractivity contribution in [2.45, 2.75) is 57.3 Å². The van der Waals surface area contributed by atoms with Crippen LogP contribution in [0.5, 0.6) is 0 Å². The third kappa shape index (κ3) is 4.41. The Morgan fingerprint density at radius 1 is 1.43 bits per heavy atom. The number of piperidine rings is 1. The number of rotatable bonds is 2. The minimum absolute atomic E-state index is 0.0412. The van der Waals surface area contributed by atoms with Gasteiger partial charge in [-0.25, -0.2) is 0 Å². The molecule has 0 saturated carbocycles. The van der Waals surface area contributed by atoms with Crippen LogP contribution < -0.4 is 4.78 Å². The first-order valence-electron chi connectivity index (χ1n) is 9.93. The molecule has 4 heterocycles. The Morgan fingerprint density at radius 2 is 2.17 bits per heavy atom. The Balaban J connectivity index is 0.00000124. The third-order valence-electron chi connectivity index (χ3n) is 5.35. The number of aryl methyl sites for hydroxylation is 1. The van der Waals surface area contributed by atoms with Gasteiger partial charge in [0.1, 0.15) is 13.4 Å². The van der Waals surface area contributed by atoms with Gasteiger partial charge in [0.2, 0.25) is 0 Å². The van der Waals surface area contributed by atoms with Crippen molar-refractivity contribution in [3.8, 4) is 0 Å². The highest BCUT2D eigenvalue weighted by molar-refractivity contribution is 7.20. The monoisotopic (exact) mass is 440 g/mol. The molecule has 2 aliphatic heterocycles. The maximum Gasteiger partial charge on any atom is 0.471 e. The summed E-state index contributed by atoms with van der Waals surface area (Å²) in [6.45, 7) is 4.44. The van der Waals surface area contributed by atoms with E-state index in [1.165, 1.54) is 16.0 Å². The van der Waals surface area contributed by atoms with E-state index in [9.17, 15) is 18.0 Å². The van der Waals surface area contributed by atoms with E-state index in [-0.39, 0.29) is 19.4 Å². The largest absolute Gasteiger partial charge is 0.471 e. The van der Waals surface area contributed by atoms with Crippen LogP contribution in [-0.2, 0) is 35.0 Å². The Bertz CT molecular complexity index is 901. The highest BCUT2D eigenvalue weighted by Crippen LogP contribution is 2.46. The standard InChI is InChI=1S/C17H18BF3N4O2S.C2H6/c1-24-9-11(22-23-24)7-12-8-16(3-4-25(12)15(26)17(19,20)21)14-10(2-5-27-16)6-13(18)28-14;1-2/h6,9,12H,2-5,7-8H2,1H3;1-2H3. The fourth-order valence-corrected chi connectivity index (χ4v) is 5.36. The van der Waals surface area contributed by atoms with Gasteiger partial charge < -0.3 is 9.64 Å².